The minimum absolute atomic E-state index is 0.602. The van der Waals surface area contributed by atoms with E-state index in [0.29, 0.717) is 0 Å². The first-order chi connectivity index (χ1) is 14.2. The third-order valence-corrected chi connectivity index (χ3v) is 4.27. The highest BCUT2D eigenvalue weighted by atomic mass is 35.5. The van der Waals surface area contributed by atoms with Gasteiger partial charge in [0.1, 0.15) is 0 Å². The molecule has 1 saturated heterocycles. The number of hydrogen-bond acceptors (Lipinski definition) is 2. The summed E-state index contributed by atoms with van der Waals surface area (Å²) in [5, 5.41) is 8.32. The Morgan fingerprint density at radius 3 is 1.87 bits per heavy atom. The Kier molecular flexibility index (Phi) is 14.7. The fraction of sp³-hybridized carbons (Fsp3) is 0.435. The minimum atomic E-state index is -4.21. The third-order valence-electron chi connectivity index (χ3n) is 3.90. The number of likely N-dealkylation sites (tertiary alicyclic amines) is 1. The largest absolute Gasteiger partial charge is 0.481 e. The molecule has 0 radical (unpaired) electrons. The van der Waals surface area contributed by atoms with Crippen LogP contribution in [-0.4, -0.2) is 29.1 Å². The summed E-state index contributed by atoms with van der Waals surface area (Å²) in [5.74, 6) is -0.833. The molecule has 0 bridgehead atoms. The predicted molar refractivity (Wildman–Crippen MR) is 117 cm³/mol. The third kappa shape index (κ3) is 13.2. The van der Waals surface area contributed by atoms with Crippen LogP contribution < -0.4 is 0 Å². The first-order valence-corrected chi connectivity index (χ1v) is 10.4. The maximum Gasteiger partial charge on any atom is 0.416 e. The summed E-state index contributed by atoms with van der Waals surface area (Å²) in [6.07, 6.45) is -0.144. The lowest BCUT2D eigenvalue weighted by Gasteiger charge is -2.26. The van der Waals surface area contributed by atoms with Crippen molar-refractivity contribution in [3.8, 4) is 0 Å². The molecule has 0 aliphatic carbocycles. The van der Waals surface area contributed by atoms with Crippen molar-refractivity contribution in [2.45, 2.75) is 52.8 Å². The van der Waals surface area contributed by atoms with Crippen LogP contribution in [0.25, 0.3) is 0 Å². The highest BCUT2D eigenvalue weighted by Crippen LogP contribution is 2.28. The minimum Gasteiger partial charge on any atom is -0.481 e. The Balaban J connectivity index is 0.000000461. The van der Waals surface area contributed by atoms with Gasteiger partial charge in [0, 0.05) is 18.5 Å². The molecule has 1 fully saturated rings. The van der Waals surface area contributed by atoms with Crippen LogP contribution >= 0.6 is 11.6 Å². The number of alkyl halides is 3. The van der Waals surface area contributed by atoms with Crippen molar-refractivity contribution in [2.75, 3.05) is 13.1 Å². The maximum absolute atomic E-state index is 11.8. The Labute approximate surface area is 182 Å². The number of piperidine rings is 1. The number of nitrogens with zero attached hydrogens (tertiary/aromatic N) is 1. The van der Waals surface area contributed by atoms with Crippen LogP contribution in [-0.2, 0) is 17.5 Å². The van der Waals surface area contributed by atoms with Crippen LogP contribution in [0.15, 0.2) is 54.6 Å². The van der Waals surface area contributed by atoms with E-state index in [2.05, 4.69) is 17.0 Å². The van der Waals surface area contributed by atoms with E-state index in [-0.39, 0.29) is 0 Å². The molecule has 2 aromatic carbocycles. The second kappa shape index (κ2) is 15.7. The van der Waals surface area contributed by atoms with E-state index in [0.717, 1.165) is 30.6 Å². The van der Waals surface area contributed by atoms with Crippen molar-refractivity contribution >= 4 is 17.6 Å². The number of carbonyl (C=O) groups is 1. The number of carboxylic acid groups (broad SMARTS) is 1. The van der Waals surface area contributed by atoms with E-state index < -0.39 is 17.7 Å². The molecule has 2 aromatic rings. The smallest absolute Gasteiger partial charge is 0.416 e. The molecule has 0 unspecified atom stereocenters. The predicted octanol–water partition coefficient (Wildman–Crippen LogP) is 7.15. The molecule has 1 N–H and O–H groups in total. The Hall–Kier alpha value is -2.05. The van der Waals surface area contributed by atoms with Gasteiger partial charge in [-0.05, 0) is 37.6 Å². The first-order valence-electron chi connectivity index (χ1n) is 9.97. The summed E-state index contributed by atoms with van der Waals surface area (Å²) >= 11 is 6.12. The second-order valence-electron chi connectivity index (χ2n) is 6.31. The average molecular weight is 446 g/mol. The molecule has 1 heterocycles. The van der Waals surface area contributed by atoms with Gasteiger partial charge < -0.3 is 5.11 Å². The molecule has 30 heavy (non-hydrogen) atoms. The molecule has 0 amide bonds. The van der Waals surface area contributed by atoms with Gasteiger partial charge in [-0.3, -0.25) is 9.69 Å². The van der Waals surface area contributed by atoms with E-state index >= 15 is 0 Å². The normalized spacial score (nSPS) is 13.4. The van der Waals surface area contributed by atoms with Crippen molar-refractivity contribution in [2.24, 2.45) is 0 Å². The Bertz CT molecular complexity index is 699. The van der Waals surface area contributed by atoms with E-state index in [4.69, 9.17) is 21.5 Å². The Morgan fingerprint density at radius 1 is 0.967 bits per heavy atom. The molecule has 7 heteroatoms. The zero-order chi connectivity index (χ0) is 23.0. The number of aliphatic carboxylic acids is 1. The maximum atomic E-state index is 11.8. The molecule has 0 spiro atoms. The summed E-state index contributed by atoms with van der Waals surface area (Å²) in [5.41, 5.74) is 0.658. The van der Waals surface area contributed by atoms with E-state index in [9.17, 15) is 13.2 Å². The fourth-order valence-corrected chi connectivity index (χ4v) is 2.81. The molecule has 1 aliphatic heterocycles. The van der Waals surface area contributed by atoms with Crippen LogP contribution in [0.5, 0.6) is 0 Å². The molecule has 0 atom stereocenters. The topological polar surface area (TPSA) is 40.5 Å². The van der Waals surface area contributed by atoms with Gasteiger partial charge in [-0.1, -0.05) is 80.4 Å². The van der Waals surface area contributed by atoms with Crippen LogP contribution in [0, 0.1) is 0 Å². The van der Waals surface area contributed by atoms with Crippen molar-refractivity contribution < 1.29 is 23.1 Å². The van der Waals surface area contributed by atoms with Crippen LogP contribution in [0.2, 0.25) is 5.02 Å². The molecule has 1 aliphatic rings. The zero-order valence-corrected chi connectivity index (χ0v) is 18.5. The molecule has 3 nitrogen and oxygen atoms in total. The van der Waals surface area contributed by atoms with Gasteiger partial charge in [0.2, 0.25) is 0 Å². The van der Waals surface area contributed by atoms with E-state index in [1.165, 1.54) is 50.0 Å². The summed E-state index contributed by atoms with van der Waals surface area (Å²) in [4.78, 5) is 11.5. The fourth-order valence-electron chi connectivity index (χ4n) is 2.61. The standard InChI is InChI=1S/C12H16ClN.C7H5F3.C2H4O2.C2H6/c13-12-7-3-2-6-11(12)10-14-8-4-1-5-9-14;8-7(9,10)6-4-2-1-3-5-6;1-2(3)4;1-2/h2-3,6-7H,1,4-5,8-10H2;1-5H;1H3,(H,3,4);1-2H3. The molecule has 0 aromatic heterocycles. The highest BCUT2D eigenvalue weighted by Gasteiger charge is 2.29. The number of carboxylic acids is 1. The second-order valence-corrected chi connectivity index (χ2v) is 6.72. The van der Waals surface area contributed by atoms with Crippen molar-refractivity contribution in [3.05, 3.63) is 70.7 Å². The lowest BCUT2D eigenvalue weighted by Crippen LogP contribution is -2.29. The number of hydrogen-bond donors (Lipinski definition) is 1. The van der Waals surface area contributed by atoms with Gasteiger partial charge in [0.05, 0.1) is 5.56 Å². The Morgan fingerprint density at radius 2 is 1.43 bits per heavy atom. The van der Waals surface area contributed by atoms with Gasteiger partial charge in [-0.15, -0.1) is 0 Å². The van der Waals surface area contributed by atoms with Gasteiger partial charge in [-0.25, -0.2) is 0 Å². The van der Waals surface area contributed by atoms with E-state index in [1.807, 2.05) is 26.0 Å². The van der Waals surface area contributed by atoms with Crippen LogP contribution in [0.1, 0.15) is 51.2 Å². The number of benzene rings is 2. The highest BCUT2D eigenvalue weighted by molar-refractivity contribution is 6.31. The van der Waals surface area contributed by atoms with Crippen LogP contribution in [0.3, 0.4) is 0 Å². The van der Waals surface area contributed by atoms with Gasteiger partial charge in [0.25, 0.3) is 5.97 Å². The SMILES string of the molecule is CC.CC(=O)O.Clc1ccccc1CN1CCCCC1.FC(F)(F)c1ccccc1. The molecule has 168 valence electrons. The first kappa shape index (κ1) is 27.9. The molecular formula is C23H31ClF3NO2. The van der Waals surface area contributed by atoms with Crippen molar-refractivity contribution in [1.29, 1.82) is 0 Å². The number of halogens is 4. The summed E-state index contributed by atoms with van der Waals surface area (Å²) in [6, 6.07) is 14.5. The summed E-state index contributed by atoms with van der Waals surface area (Å²) < 4.78 is 35.4. The molecule has 3 rings (SSSR count). The monoisotopic (exact) mass is 445 g/mol. The summed E-state index contributed by atoms with van der Waals surface area (Å²) in [7, 11) is 0. The van der Waals surface area contributed by atoms with E-state index in [1.54, 1.807) is 6.07 Å². The molecular weight excluding hydrogens is 415 g/mol. The quantitative estimate of drug-likeness (QED) is 0.533. The average Bonchev–Trinajstić information content (AvgIpc) is 2.72. The lowest BCUT2D eigenvalue weighted by atomic mass is 10.1. The van der Waals surface area contributed by atoms with Gasteiger partial charge >= 0.3 is 6.18 Å². The lowest BCUT2D eigenvalue weighted by molar-refractivity contribution is -0.137. The van der Waals surface area contributed by atoms with Crippen molar-refractivity contribution in [1.82, 2.24) is 4.90 Å². The van der Waals surface area contributed by atoms with Gasteiger partial charge in [0.15, 0.2) is 0 Å². The molecule has 0 saturated carbocycles. The summed E-state index contributed by atoms with van der Waals surface area (Å²) in [6.45, 7) is 8.55. The van der Waals surface area contributed by atoms with Gasteiger partial charge in [-0.2, -0.15) is 13.2 Å². The zero-order valence-electron chi connectivity index (χ0n) is 17.8. The number of rotatable bonds is 2. The van der Waals surface area contributed by atoms with Crippen LogP contribution in [0.4, 0.5) is 13.2 Å². The van der Waals surface area contributed by atoms with Crippen molar-refractivity contribution in [3.63, 3.8) is 0 Å².